The first-order valence-corrected chi connectivity index (χ1v) is 6.06. The van der Waals surface area contributed by atoms with Crippen LogP contribution in [0.5, 0.6) is 0 Å². The third-order valence-corrected chi connectivity index (χ3v) is 3.51. The lowest BCUT2D eigenvalue weighted by molar-refractivity contribution is 1.45. The van der Waals surface area contributed by atoms with Crippen LogP contribution in [0.3, 0.4) is 0 Å². The van der Waals surface area contributed by atoms with Crippen LogP contribution >= 0.6 is 23.2 Å². The van der Waals surface area contributed by atoms with E-state index in [2.05, 4.69) is 4.98 Å². The molecule has 0 radical (unpaired) electrons. The summed E-state index contributed by atoms with van der Waals surface area (Å²) in [5, 5.41) is 3.24. The largest absolute Gasteiger partial charge is 0.246 e. The van der Waals surface area contributed by atoms with Gasteiger partial charge in [-0.05, 0) is 30.7 Å². The minimum Gasteiger partial charge on any atom is -0.246 e. The highest BCUT2D eigenvalue weighted by atomic mass is 35.5. The fraction of sp³-hybridized carbons (Fsp3) is 0.0714. The van der Waals surface area contributed by atoms with Crippen molar-refractivity contribution in [2.45, 2.75) is 6.92 Å². The Labute approximate surface area is 109 Å². The first-order chi connectivity index (χ1) is 8.16. The van der Waals surface area contributed by atoms with Gasteiger partial charge < -0.3 is 0 Å². The van der Waals surface area contributed by atoms with Gasteiger partial charge in [0, 0.05) is 10.8 Å². The summed E-state index contributed by atoms with van der Waals surface area (Å²) < 4.78 is 0. The summed E-state index contributed by atoms with van der Waals surface area (Å²) in [6, 6.07) is 11.7. The number of para-hydroxylation sites is 1. The Morgan fingerprint density at radius 1 is 1.00 bits per heavy atom. The van der Waals surface area contributed by atoms with Crippen LogP contribution in [0, 0.1) is 6.92 Å². The predicted octanol–water partition coefficient (Wildman–Crippen LogP) is 5.00. The summed E-state index contributed by atoms with van der Waals surface area (Å²) in [6.07, 6.45) is 0. The van der Waals surface area contributed by atoms with E-state index in [1.54, 1.807) is 0 Å². The van der Waals surface area contributed by atoms with Crippen molar-refractivity contribution in [3.05, 3.63) is 52.0 Å². The van der Waals surface area contributed by atoms with Crippen molar-refractivity contribution in [3.63, 3.8) is 0 Å². The SMILES string of the molecule is Cc1cc(Cl)c2nc3ccccc3c(Cl)c2c1. The number of fused-ring (bicyclic) bond motifs is 2. The first kappa shape index (κ1) is 10.8. The van der Waals surface area contributed by atoms with Gasteiger partial charge in [0.15, 0.2) is 0 Å². The zero-order chi connectivity index (χ0) is 12.0. The summed E-state index contributed by atoms with van der Waals surface area (Å²) >= 11 is 12.6. The molecule has 0 aliphatic rings. The molecule has 1 nitrogen and oxygen atoms in total. The Kier molecular flexibility index (Phi) is 2.46. The Morgan fingerprint density at radius 3 is 2.59 bits per heavy atom. The second-order valence-electron chi connectivity index (χ2n) is 4.09. The number of rotatable bonds is 0. The van der Waals surface area contributed by atoms with Gasteiger partial charge in [-0.3, -0.25) is 0 Å². The minimum atomic E-state index is 0.646. The van der Waals surface area contributed by atoms with Gasteiger partial charge in [0.25, 0.3) is 0 Å². The summed E-state index contributed by atoms with van der Waals surface area (Å²) in [4.78, 5) is 4.56. The van der Waals surface area contributed by atoms with Crippen LogP contribution < -0.4 is 0 Å². The molecule has 2 aromatic carbocycles. The van der Waals surface area contributed by atoms with E-state index < -0.39 is 0 Å². The van der Waals surface area contributed by atoms with Crippen molar-refractivity contribution in [1.82, 2.24) is 4.98 Å². The average Bonchev–Trinajstić information content (AvgIpc) is 2.31. The molecular weight excluding hydrogens is 253 g/mol. The molecule has 0 unspecified atom stereocenters. The van der Waals surface area contributed by atoms with Gasteiger partial charge in [0.05, 0.1) is 21.1 Å². The van der Waals surface area contributed by atoms with Gasteiger partial charge in [-0.2, -0.15) is 0 Å². The third-order valence-electron chi connectivity index (χ3n) is 2.82. The van der Waals surface area contributed by atoms with E-state index in [1.165, 1.54) is 0 Å². The highest BCUT2D eigenvalue weighted by Crippen LogP contribution is 2.34. The third kappa shape index (κ3) is 1.67. The average molecular weight is 262 g/mol. The number of aromatic nitrogens is 1. The molecule has 3 aromatic rings. The van der Waals surface area contributed by atoms with E-state index >= 15 is 0 Å². The topological polar surface area (TPSA) is 12.9 Å². The second-order valence-corrected chi connectivity index (χ2v) is 4.87. The summed E-state index contributed by atoms with van der Waals surface area (Å²) in [7, 11) is 0. The molecule has 0 fully saturated rings. The molecule has 0 saturated heterocycles. The van der Waals surface area contributed by atoms with Gasteiger partial charge in [0.2, 0.25) is 0 Å². The molecule has 1 aromatic heterocycles. The van der Waals surface area contributed by atoms with E-state index in [4.69, 9.17) is 23.2 Å². The molecule has 0 N–H and O–H groups in total. The normalized spacial score (nSPS) is 11.2. The zero-order valence-electron chi connectivity index (χ0n) is 9.17. The molecule has 84 valence electrons. The molecule has 17 heavy (non-hydrogen) atoms. The van der Waals surface area contributed by atoms with Crippen LogP contribution in [0.1, 0.15) is 5.56 Å². The summed E-state index contributed by atoms with van der Waals surface area (Å²) in [5.74, 6) is 0. The van der Waals surface area contributed by atoms with Crippen molar-refractivity contribution in [1.29, 1.82) is 0 Å². The number of pyridine rings is 1. The second kappa shape index (κ2) is 3.86. The minimum absolute atomic E-state index is 0.646. The quantitative estimate of drug-likeness (QED) is 0.519. The molecule has 0 aliphatic heterocycles. The number of aryl methyl sites for hydroxylation is 1. The lowest BCUT2D eigenvalue weighted by atomic mass is 10.1. The molecule has 0 spiro atoms. The van der Waals surface area contributed by atoms with Gasteiger partial charge >= 0.3 is 0 Å². The van der Waals surface area contributed by atoms with Gasteiger partial charge in [-0.25, -0.2) is 4.98 Å². The van der Waals surface area contributed by atoms with Crippen LogP contribution in [0.2, 0.25) is 10.0 Å². The zero-order valence-corrected chi connectivity index (χ0v) is 10.7. The molecule has 0 atom stereocenters. The maximum atomic E-state index is 6.42. The number of benzene rings is 2. The van der Waals surface area contributed by atoms with Gasteiger partial charge in [-0.1, -0.05) is 41.4 Å². The van der Waals surface area contributed by atoms with Crippen LogP contribution in [0.15, 0.2) is 36.4 Å². The Balaban J connectivity index is 2.59. The van der Waals surface area contributed by atoms with Gasteiger partial charge in [-0.15, -0.1) is 0 Å². The number of halogens is 2. The Bertz CT molecular complexity index is 735. The van der Waals surface area contributed by atoms with Gasteiger partial charge in [0.1, 0.15) is 0 Å². The summed E-state index contributed by atoms with van der Waals surface area (Å²) in [6.45, 7) is 2.00. The van der Waals surface area contributed by atoms with Crippen molar-refractivity contribution < 1.29 is 0 Å². The highest BCUT2D eigenvalue weighted by molar-refractivity contribution is 6.42. The van der Waals surface area contributed by atoms with Crippen LogP contribution in [0.25, 0.3) is 21.8 Å². The molecule has 3 heteroatoms. The van der Waals surface area contributed by atoms with Crippen LogP contribution in [-0.4, -0.2) is 4.98 Å². The number of hydrogen-bond acceptors (Lipinski definition) is 1. The molecular formula is C14H9Cl2N. The van der Waals surface area contributed by atoms with Crippen LogP contribution in [0.4, 0.5) is 0 Å². The first-order valence-electron chi connectivity index (χ1n) is 5.31. The Morgan fingerprint density at radius 2 is 1.76 bits per heavy atom. The standard InChI is InChI=1S/C14H9Cl2N/c1-8-6-10-13(16)9-4-2-3-5-12(9)17-14(10)11(15)7-8/h2-7H,1H3. The van der Waals surface area contributed by atoms with Crippen molar-refractivity contribution in [2.24, 2.45) is 0 Å². The van der Waals surface area contributed by atoms with E-state index in [9.17, 15) is 0 Å². The highest BCUT2D eigenvalue weighted by Gasteiger charge is 2.09. The summed E-state index contributed by atoms with van der Waals surface area (Å²) in [5.41, 5.74) is 2.72. The molecule has 0 saturated carbocycles. The lowest BCUT2D eigenvalue weighted by Crippen LogP contribution is -1.87. The van der Waals surface area contributed by atoms with E-state index in [0.717, 1.165) is 32.4 Å². The lowest BCUT2D eigenvalue weighted by Gasteiger charge is -2.07. The number of hydrogen-bond donors (Lipinski definition) is 0. The molecule has 1 heterocycles. The molecule has 0 amide bonds. The Hall–Kier alpha value is -1.31. The van der Waals surface area contributed by atoms with Crippen LogP contribution in [-0.2, 0) is 0 Å². The predicted molar refractivity (Wildman–Crippen MR) is 74.0 cm³/mol. The maximum absolute atomic E-state index is 6.42. The molecule has 0 aliphatic carbocycles. The molecule has 0 bridgehead atoms. The number of nitrogens with zero attached hydrogens (tertiary/aromatic N) is 1. The fourth-order valence-electron chi connectivity index (χ4n) is 2.04. The van der Waals surface area contributed by atoms with Crippen molar-refractivity contribution in [3.8, 4) is 0 Å². The van der Waals surface area contributed by atoms with E-state index in [-0.39, 0.29) is 0 Å². The van der Waals surface area contributed by atoms with E-state index in [0.29, 0.717) is 5.02 Å². The van der Waals surface area contributed by atoms with E-state index in [1.807, 2.05) is 43.3 Å². The van der Waals surface area contributed by atoms with Crippen molar-refractivity contribution >= 4 is 45.0 Å². The monoisotopic (exact) mass is 261 g/mol. The van der Waals surface area contributed by atoms with Crippen molar-refractivity contribution in [2.75, 3.05) is 0 Å². The fourth-order valence-corrected chi connectivity index (χ4v) is 2.66. The smallest absolute Gasteiger partial charge is 0.0911 e. The maximum Gasteiger partial charge on any atom is 0.0911 e. The molecule has 3 rings (SSSR count).